The number of carbonyl (C=O) groups excluding carboxylic acids is 1. The molecule has 0 saturated carbocycles. The zero-order valence-corrected chi connectivity index (χ0v) is 12.8. The van der Waals surface area contributed by atoms with E-state index in [1.807, 2.05) is 18.2 Å². The van der Waals surface area contributed by atoms with Crippen LogP contribution >= 0.6 is 11.8 Å². The summed E-state index contributed by atoms with van der Waals surface area (Å²) >= 11 is 1.51. The average molecular weight is 295 g/mol. The second-order valence-corrected chi connectivity index (χ2v) is 6.18. The second-order valence-electron chi connectivity index (χ2n) is 5.13. The molecule has 1 amide bonds. The fraction of sp³-hybridized carbons (Fsp3) is 0.533. The highest BCUT2D eigenvalue weighted by Gasteiger charge is 2.12. The molecule has 110 valence electrons. The topological polar surface area (TPSA) is 47.6 Å². The van der Waals surface area contributed by atoms with Gasteiger partial charge in [-0.15, -0.1) is 11.8 Å². The van der Waals surface area contributed by atoms with Crippen molar-refractivity contribution in [2.45, 2.75) is 25.2 Å². The summed E-state index contributed by atoms with van der Waals surface area (Å²) in [6, 6.07) is 5.79. The molecule has 4 nitrogen and oxygen atoms in total. The lowest BCUT2D eigenvalue weighted by Crippen LogP contribution is -2.26. The Morgan fingerprint density at radius 3 is 2.80 bits per heavy atom. The van der Waals surface area contributed by atoms with Gasteiger partial charge in [-0.05, 0) is 30.5 Å². The van der Waals surface area contributed by atoms with Crippen LogP contribution in [0.3, 0.4) is 0 Å². The zero-order chi connectivity index (χ0) is 14.4. The third-order valence-electron chi connectivity index (χ3n) is 2.93. The quantitative estimate of drug-likeness (QED) is 0.820. The number of amides is 1. The third kappa shape index (κ3) is 4.63. The predicted molar refractivity (Wildman–Crippen MR) is 80.6 cm³/mol. The fourth-order valence-corrected chi connectivity index (χ4v) is 2.57. The molecule has 0 saturated heterocycles. The Bertz CT molecular complexity index is 462. The van der Waals surface area contributed by atoms with Gasteiger partial charge in [0.25, 0.3) is 0 Å². The summed E-state index contributed by atoms with van der Waals surface area (Å²) < 4.78 is 11.0. The first-order valence-electron chi connectivity index (χ1n) is 6.94. The van der Waals surface area contributed by atoms with Crippen LogP contribution in [0.2, 0.25) is 0 Å². The third-order valence-corrected chi connectivity index (χ3v) is 3.92. The summed E-state index contributed by atoms with van der Waals surface area (Å²) in [6.45, 7) is 6.22. The molecule has 2 rings (SSSR count). The molecule has 1 heterocycles. The number of nitrogens with one attached hydrogen (secondary N) is 1. The van der Waals surface area contributed by atoms with E-state index in [2.05, 4.69) is 19.2 Å². The first-order valence-corrected chi connectivity index (χ1v) is 7.93. The molecule has 1 aliphatic rings. The first-order chi connectivity index (χ1) is 9.65. The molecular weight excluding hydrogens is 274 g/mol. The molecule has 1 aromatic rings. The van der Waals surface area contributed by atoms with Gasteiger partial charge in [-0.25, -0.2) is 0 Å². The van der Waals surface area contributed by atoms with Crippen LogP contribution in [-0.4, -0.2) is 31.4 Å². The number of fused-ring (bicyclic) bond motifs is 1. The maximum absolute atomic E-state index is 11.7. The van der Waals surface area contributed by atoms with Crippen molar-refractivity contribution in [2.24, 2.45) is 5.92 Å². The van der Waals surface area contributed by atoms with Gasteiger partial charge >= 0.3 is 0 Å². The number of thioether (sulfide) groups is 1. The van der Waals surface area contributed by atoms with E-state index in [1.165, 1.54) is 11.8 Å². The highest BCUT2D eigenvalue weighted by atomic mass is 32.2. The van der Waals surface area contributed by atoms with Gasteiger partial charge in [0.05, 0.1) is 5.75 Å². The van der Waals surface area contributed by atoms with Crippen molar-refractivity contribution in [3.63, 3.8) is 0 Å². The Labute approximate surface area is 124 Å². The van der Waals surface area contributed by atoms with Crippen LogP contribution in [0.1, 0.15) is 20.3 Å². The molecule has 20 heavy (non-hydrogen) atoms. The van der Waals surface area contributed by atoms with Gasteiger partial charge in [-0.2, -0.15) is 0 Å². The van der Waals surface area contributed by atoms with Crippen molar-refractivity contribution in [3.8, 4) is 11.5 Å². The van der Waals surface area contributed by atoms with Gasteiger partial charge in [0, 0.05) is 11.4 Å². The van der Waals surface area contributed by atoms with Crippen LogP contribution < -0.4 is 14.8 Å². The van der Waals surface area contributed by atoms with E-state index in [0.29, 0.717) is 24.9 Å². The molecule has 1 N–H and O–H groups in total. The number of hydrogen-bond acceptors (Lipinski definition) is 4. The van der Waals surface area contributed by atoms with Gasteiger partial charge in [-0.3, -0.25) is 4.79 Å². The van der Waals surface area contributed by atoms with E-state index in [0.717, 1.165) is 29.4 Å². The zero-order valence-electron chi connectivity index (χ0n) is 12.0. The highest BCUT2D eigenvalue weighted by Crippen LogP contribution is 2.34. The smallest absolute Gasteiger partial charge is 0.230 e. The summed E-state index contributed by atoms with van der Waals surface area (Å²) in [5.74, 6) is 2.66. The van der Waals surface area contributed by atoms with Gasteiger partial charge < -0.3 is 14.8 Å². The Kier molecular flexibility index (Phi) is 5.59. The molecule has 0 radical (unpaired) electrons. The molecule has 0 unspecified atom stereocenters. The van der Waals surface area contributed by atoms with E-state index in [9.17, 15) is 4.79 Å². The minimum absolute atomic E-state index is 0.0746. The van der Waals surface area contributed by atoms with E-state index < -0.39 is 0 Å². The molecule has 0 fully saturated rings. The standard InChI is InChI=1S/C15H21NO3S/c1-11(2)5-6-16-15(17)10-20-12-3-4-13-14(9-12)19-8-7-18-13/h3-4,9,11H,5-8,10H2,1-2H3,(H,16,17). The molecule has 0 aliphatic carbocycles. The van der Waals surface area contributed by atoms with Crippen molar-refractivity contribution in [2.75, 3.05) is 25.5 Å². The molecular formula is C15H21NO3S. The Morgan fingerprint density at radius 2 is 2.05 bits per heavy atom. The van der Waals surface area contributed by atoms with Crippen LogP contribution in [0.4, 0.5) is 0 Å². The number of hydrogen-bond donors (Lipinski definition) is 1. The number of ether oxygens (including phenoxy) is 2. The van der Waals surface area contributed by atoms with Gasteiger partial charge in [-0.1, -0.05) is 13.8 Å². The predicted octanol–water partition coefficient (Wildman–Crippen LogP) is 2.71. The molecule has 0 aromatic heterocycles. The summed E-state index contributed by atoms with van der Waals surface area (Å²) in [4.78, 5) is 12.7. The van der Waals surface area contributed by atoms with Crippen LogP contribution in [0.15, 0.2) is 23.1 Å². The monoisotopic (exact) mass is 295 g/mol. The number of benzene rings is 1. The molecule has 1 aliphatic heterocycles. The van der Waals surface area contributed by atoms with Gasteiger partial charge in [0.15, 0.2) is 11.5 Å². The van der Waals surface area contributed by atoms with Crippen molar-refractivity contribution >= 4 is 17.7 Å². The lowest BCUT2D eigenvalue weighted by molar-refractivity contribution is -0.118. The summed E-state index contributed by atoms with van der Waals surface area (Å²) in [5, 5.41) is 2.93. The number of rotatable bonds is 6. The normalized spacial score (nSPS) is 13.3. The SMILES string of the molecule is CC(C)CCNC(=O)CSc1ccc2c(c1)OCCO2. The lowest BCUT2D eigenvalue weighted by atomic mass is 10.1. The number of carbonyl (C=O) groups is 1. The summed E-state index contributed by atoms with van der Waals surface area (Å²) in [6.07, 6.45) is 1.01. The molecule has 0 bridgehead atoms. The summed E-state index contributed by atoms with van der Waals surface area (Å²) in [5.41, 5.74) is 0. The van der Waals surface area contributed by atoms with Crippen LogP contribution in [0.25, 0.3) is 0 Å². The van der Waals surface area contributed by atoms with E-state index in [4.69, 9.17) is 9.47 Å². The minimum atomic E-state index is 0.0746. The van der Waals surface area contributed by atoms with Crippen molar-refractivity contribution < 1.29 is 14.3 Å². The van der Waals surface area contributed by atoms with Crippen LogP contribution in [0.5, 0.6) is 11.5 Å². The van der Waals surface area contributed by atoms with Gasteiger partial charge in [0.2, 0.25) is 5.91 Å². The lowest BCUT2D eigenvalue weighted by Gasteiger charge is -2.18. The van der Waals surface area contributed by atoms with Crippen LogP contribution in [0, 0.1) is 5.92 Å². The molecule has 5 heteroatoms. The average Bonchev–Trinajstić information content (AvgIpc) is 2.44. The molecule has 1 aromatic carbocycles. The largest absolute Gasteiger partial charge is 0.486 e. The summed E-state index contributed by atoms with van der Waals surface area (Å²) in [7, 11) is 0. The molecule has 0 spiro atoms. The van der Waals surface area contributed by atoms with Crippen molar-refractivity contribution in [1.29, 1.82) is 0 Å². The molecule has 0 atom stereocenters. The van der Waals surface area contributed by atoms with Gasteiger partial charge in [0.1, 0.15) is 13.2 Å². The Morgan fingerprint density at radius 1 is 1.30 bits per heavy atom. The highest BCUT2D eigenvalue weighted by molar-refractivity contribution is 8.00. The van der Waals surface area contributed by atoms with E-state index in [1.54, 1.807) is 0 Å². The second kappa shape index (κ2) is 7.43. The van der Waals surface area contributed by atoms with E-state index >= 15 is 0 Å². The fourth-order valence-electron chi connectivity index (χ4n) is 1.81. The Hall–Kier alpha value is -1.36. The minimum Gasteiger partial charge on any atom is -0.486 e. The maximum atomic E-state index is 11.7. The first kappa shape index (κ1) is 15.0. The van der Waals surface area contributed by atoms with Crippen molar-refractivity contribution in [1.82, 2.24) is 5.32 Å². The van der Waals surface area contributed by atoms with Crippen molar-refractivity contribution in [3.05, 3.63) is 18.2 Å². The maximum Gasteiger partial charge on any atom is 0.230 e. The van der Waals surface area contributed by atoms with E-state index in [-0.39, 0.29) is 5.91 Å². The Balaban J connectivity index is 1.77. The van der Waals surface area contributed by atoms with Crippen LogP contribution in [-0.2, 0) is 4.79 Å².